The second kappa shape index (κ2) is 6.12. The van der Waals surface area contributed by atoms with Gasteiger partial charge in [0.1, 0.15) is 5.82 Å². The van der Waals surface area contributed by atoms with Crippen LogP contribution in [0.5, 0.6) is 0 Å². The third-order valence-electron chi connectivity index (χ3n) is 2.57. The number of rotatable bonds is 4. The minimum absolute atomic E-state index is 0.271. The molecular weight excluding hydrogens is 339 g/mol. The largest absolute Gasteiger partial charge is 0.271 e. The van der Waals surface area contributed by atoms with Crippen molar-refractivity contribution in [2.45, 2.75) is 12.5 Å². The molecule has 6 heteroatoms. The van der Waals surface area contributed by atoms with Crippen LogP contribution in [0.25, 0.3) is 0 Å². The molecule has 18 heavy (non-hydrogen) atoms. The summed E-state index contributed by atoms with van der Waals surface area (Å²) in [5.41, 5.74) is 3.19. The van der Waals surface area contributed by atoms with Crippen LogP contribution in [-0.2, 0) is 6.42 Å². The summed E-state index contributed by atoms with van der Waals surface area (Å²) in [5.74, 6) is 5.23. The highest BCUT2D eigenvalue weighted by molar-refractivity contribution is 9.10. The van der Waals surface area contributed by atoms with Crippen molar-refractivity contribution in [3.05, 3.63) is 55.4 Å². The zero-order valence-corrected chi connectivity index (χ0v) is 12.4. The average molecular weight is 350 g/mol. The summed E-state index contributed by atoms with van der Waals surface area (Å²) in [4.78, 5) is 1.06. The van der Waals surface area contributed by atoms with Crippen molar-refractivity contribution >= 4 is 38.9 Å². The fourth-order valence-corrected chi connectivity index (χ4v) is 3.17. The Bertz CT molecular complexity index is 547. The Morgan fingerprint density at radius 3 is 2.72 bits per heavy atom. The summed E-state index contributed by atoms with van der Waals surface area (Å²) in [6.45, 7) is 0. The number of benzene rings is 1. The van der Waals surface area contributed by atoms with Gasteiger partial charge < -0.3 is 0 Å². The highest BCUT2D eigenvalue weighted by Crippen LogP contribution is 2.28. The van der Waals surface area contributed by atoms with Gasteiger partial charge in [-0.3, -0.25) is 11.3 Å². The first kappa shape index (κ1) is 14.0. The molecule has 96 valence electrons. The molecule has 1 unspecified atom stereocenters. The molecule has 3 N–H and O–H groups in total. The van der Waals surface area contributed by atoms with Gasteiger partial charge in [0.25, 0.3) is 0 Å². The first-order valence-corrected chi connectivity index (χ1v) is 7.24. The molecule has 0 aliphatic rings. The van der Waals surface area contributed by atoms with Gasteiger partial charge in [-0.25, -0.2) is 4.39 Å². The predicted octanol–water partition coefficient (Wildman–Crippen LogP) is 4.05. The molecule has 1 aromatic carbocycles. The number of hydrogen-bond donors (Lipinski definition) is 2. The molecule has 0 spiro atoms. The summed E-state index contributed by atoms with van der Waals surface area (Å²) in [6.07, 6.45) is 0.604. The van der Waals surface area contributed by atoms with Crippen LogP contribution in [0.15, 0.2) is 34.8 Å². The number of hydrazine groups is 1. The summed E-state index contributed by atoms with van der Waals surface area (Å²) >= 11 is 10.6. The van der Waals surface area contributed by atoms with Gasteiger partial charge >= 0.3 is 0 Å². The van der Waals surface area contributed by atoms with Crippen LogP contribution in [0.3, 0.4) is 0 Å². The highest BCUT2D eigenvalue weighted by atomic mass is 79.9. The fraction of sp³-hybridized carbons (Fsp3) is 0.167. The third kappa shape index (κ3) is 3.30. The predicted molar refractivity (Wildman–Crippen MR) is 77.2 cm³/mol. The van der Waals surface area contributed by atoms with Crippen molar-refractivity contribution in [1.82, 2.24) is 5.43 Å². The van der Waals surface area contributed by atoms with Crippen LogP contribution in [-0.4, -0.2) is 0 Å². The lowest BCUT2D eigenvalue weighted by molar-refractivity contribution is 0.512. The van der Waals surface area contributed by atoms with E-state index in [0.29, 0.717) is 16.5 Å². The van der Waals surface area contributed by atoms with E-state index in [9.17, 15) is 4.39 Å². The molecule has 2 nitrogen and oxygen atoms in total. The Morgan fingerprint density at radius 1 is 1.39 bits per heavy atom. The molecule has 1 aromatic heterocycles. The Balaban J connectivity index is 2.22. The van der Waals surface area contributed by atoms with E-state index in [4.69, 9.17) is 17.4 Å². The van der Waals surface area contributed by atoms with E-state index in [0.717, 1.165) is 9.21 Å². The molecule has 0 aliphatic carbocycles. The zero-order valence-electron chi connectivity index (χ0n) is 9.29. The quantitative estimate of drug-likeness (QED) is 0.645. The van der Waals surface area contributed by atoms with E-state index in [2.05, 4.69) is 21.4 Å². The SMILES string of the molecule is NNC(Cc1ccc(Cl)s1)c1ccc(Br)cc1F. The lowest BCUT2D eigenvalue weighted by Crippen LogP contribution is -2.30. The van der Waals surface area contributed by atoms with Crippen molar-refractivity contribution in [2.75, 3.05) is 0 Å². The zero-order chi connectivity index (χ0) is 13.1. The van der Waals surface area contributed by atoms with E-state index in [-0.39, 0.29) is 11.9 Å². The second-order valence-electron chi connectivity index (χ2n) is 3.80. The highest BCUT2D eigenvalue weighted by Gasteiger charge is 2.16. The monoisotopic (exact) mass is 348 g/mol. The van der Waals surface area contributed by atoms with Gasteiger partial charge in [-0.05, 0) is 24.3 Å². The van der Waals surface area contributed by atoms with Crippen molar-refractivity contribution in [3.63, 3.8) is 0 Å². The van der Waals surface area contributed by atoms with Crippen LogP contribution >= 0.6 is 38.9 Å². The number of nitrogens with one attached hydrogen (secondary N) is 1. The van der Waals surface area contributed by atoms with E-state index in [1.807, 2.05) is 12.1 Å². The Kier molecular flexibility index (Phi) is 4.75. The van der Waals surface area contributed by atoms with Crippen molar-refractivity contribution in [2.24, 2.45) is 5.84 Å². The van der Waals surface area contributed by atoms with Gasteiger partial charge in [0.15, 0.2) is 0 Å². The van der Waals surface area contributed by atoms with Gasteiger partial charge in [-0.2, -0.15) is 0 Å². The maximum Gasteiger partial charge on any atom is 0.129 e. The third-order valence-corrected chi connectivity index (χ3v) is 4.32. The van der Waals surface area contributed by atoms with Crippen LogP contribution in [0.2, 0.25) is 4.34 Å². The van der Waals surface area contributed by atoms with Crippen molar-refractivity contribution < 1.29 is 4.39 Å². The molecule has 1 atom stereocenters. The summed E-state index contributed by atoms with van der Waals surface area (Å²) in [5, 5.41) is 0. The number of nitrogens with two attached hydrogens (primary N) is 1. The number of thiophene rings is 1. The van der Waals surface area contributed by atoms with Crippen LogP contribution in [0, 0.1) is 5.82 Å². The molecule has 0 saturated heterocycles. The molecule has 0 saturated carbocycles. The second-order valence-corrected chi connectivity index (χ2v) is 6.51. The number of halogens is 3. The first-order chi connectivity index (χ1) is 8.60. The van der Waals surface area contributed by atoms with Gasteiger partial charge in [0.05, 0.1) is 10.4 Å². The molecule has 2 rings (SSSR count). The molecular formula is C12H11BrClFN2S. The van der Waals surface area contributed by atoms with Gasteiger partial charge in [0.2, 0.25) is 0 Å². The van der Waals surface area contributed by atoms with Gasteiger partial charge in [0, 0.05) is 21.3 Å². The first-order valence-electron chi connectivity index (χ1n) is 5.25. The Morgan fingerprint density at radius 2 is 2.17 bits per heavy atom. The molecule has 0 bridgehead atoms. The Labute approximate surface area is 122 Å². The summed E-state index contributed by atoms with van der Waals surface area (Å²) in [6, 6.07) is 8.43. The van der Waals surface area contributed by atoms with E-state index in [1.165, 1.54) is 17.4 Å². The van der Waals surface area contributed by atoms with Crippen LogP contribution < -0.4 is 11.3 Å². The fourth-order valence-electron chi connectivity index (χ4n) is 1.71. The molecule has 0 radical (unpaired) electrons. The van der Waals surface area contributed by atoms with Gasteiger partial charge in [-0.15, -0.1) is 11.3 Å². The normalized spacial score (nSPS) is 12.7. The molecule has 1 heterocycles. The van der Waals surface area contributed by atoms with Gasteiger partial charge in [-0.1, -0.05) is 33.6 Å². The maximum absolute atomic E-state index is 13.8. The summed E-state index contributed by atoms with van der Waals surface area (Å²) < 4.78 is 15.3. The molecule has 0 aliphatic heterocycles. The smallest absolute Gasteiger partial charge is 0.129 e. The summed E-state index contributed by atoms with van der Waals surface area (Å²) in [7, 11) is 0. The number of hydrogen-bond acceptors (Lipinski definition) is 3. The average Bonchev–Trinajstić information content (AvgIpc) is 2.72. The van der Waals surface area contributed by atoms with Crippen molar-refractivity contribution in [1.29, 1.82) is 0 Å². The van der Waals surface area contributed by atoms with Crippen molar-refractivity contribution in [3.8, 4) is 0 Å². The van der Waals surface area contributed by atoms with Crippen LogP contribution in [0.1, 0.15) is 16.5 Å². The molecule has 0 amide bonds. The maximum atomic E-state index is 13.8. The van der Waals surface area contributed by atoms with E-state index < -0.39 is 0 Å². The van der Waals surface area contributed by atoms with E-state index >= 15 is 0 Å². The lowest BCUT2D eigenvalue weighted by atomic mass is 10.0. The minimum Gasteiger partial charge on any atom is -0.271 e. The molecule has 0 fully saturated rings. The lowest BCUT2D eigenvalue weighted by Gasteiger charge is -2.16. The standard InChI is InChI=1S/C12H11BrClFN2S/c13-7-1-3-9(10(15)5-7)11(17-16)6-8-2-4-12(14)18-8/h1-5,11,17H,6,16H2. The Hall–Kier alpha value is -0.460. The minimum atomic E-state index is -0.282. The van der Waals surface area contributed by atoms with Crippen LogP contribution in [0.4, 0.5) is 4.39 Å². The van der Waals surface area contributed by atoms with E-state index in [1.54, 1.807) is 12.1 Å². The molecule has 2 aromatic rings. The topological polar surface area (TPSA) is 38.0 Å².